The summed E-state index contributed by atoms with van der Waals surface area (Å²) in [4.78, 5) is 18.9. The molecule has 1 fully saturated rings. The Hall–Kier alpha value is -1.58. The lowest BCUT2D eigenvalue weighted by Gasteiger charge is -2.33. The molecule has 4 heteroatoms. The summed E-state index contributed by atoms with van der Waals surface area (Å²) in [5.74, 6) is 0.473. The summed E-state index contributed by atoms with van der Waals surface area (Å²) in [6.45, 7) is 7.26. The molecule has 0 aromatic carbocycles. The predicted octanol–water partition coefficient (Wildman–Crippen LogP) is 4.07. The van der Waals surface area contributed by atoms with E-state index in [9.17, 15) is 4.79 Å². The molecule has 1 amide bonds. The molecule has 0 saturated carbocycles. The van der Waals surface area contributed by atoms with Crippen molar-refractivity contribution >= 4 is 6.09 Å². The number of piperidine rings is 1. The van der Waals surface area contributed by atoms with Gasteiger partial charge in [-0.3, -0.25) is 4.98 Å². The van der Waals surface area contributed by atoms with Crippen molar-refractivity contribution < 1.29 is 9.53 Å². The number of hydrogen-bond acceptors (Lipinski definition) is 3. The number of rotatable bonds is 1. The van der Waals surface area contributed by atoms with Gasteiger partial charge in [0.25, 0.3) is 0 Å². The van der Waals surface area contributed by atoms with Crippen LogP contribution in [0.3, 0.4) is 0 Å². The Bertz CT molecular complexity index is 569. The van der Waals surface area contributed by atoms with Crippen LogP contribution in [0.1, 0.15) is 69.3 Å². The van der Waals surface area contributed by atoms with Gasteiger partial charge in [-0.2, -0.15) is 0 Å². The maximum atomic E-state index is 12.1. The predicted molar refractivity (Wildman–Crippen MR) is 90.7 cm³/mol. The molecule has 126 valence electrons. The van der Waals surface area contributed by atoms with E-state index in [2.05, 4.69) is 12.1 Å². The molecule has 1 aliphatic heterocycles. The van der Waals surface area contributed by atoms with Crippen LogP contribution >= 0.6 is 0 Å². The van der Waals surface area contributed by atoms with E-state index < -0.39 is 5.60 Å². The molecule has 0 unspecified atom stereocenters. The maximum Gasteiger partial charge on any atom is 0.410 e. The highest BCUT2D eigenvalue weighted by Crippen LogP contribution is 2.29. The normalized spacial score (nSPS) is 19.3. The van der Waals surface area contributed by atoms with Gasteiger partial charge in [0.15, 0.2) is 0 Å². The van der Waals surface area contributed by atoms with Crippen LogP contribution < -0.4 is 0 Å². The Morgan fingerprint density at radius 3 is 2.57 bits per heavy atom. The zero-order valence-corrected chi connectivity index (χ0v) is 14.6. The van der Waals surface area contributed by atoms with Crippen LogP contribution in [0.15, 0.2) is 12.1 Å². The summed E-state index contributed by atoms with van der Waals surface area (Å²) in [5.41, 5.74) is 3.54. The van der Waals surface area contributed by atoms with Crippen LogP contribution in [0, 0.1) is 0 Å². The molecule has 0 atom stereocenters. The molecule has 1 saturated heterocycles. The topological polar surface area (TPSA) is 42.4 Å². The molecule has 0 bridgehead atoms. The van der Waals surface area contributed by atoms with Crippen molar-refractivity contribution in [3.8, 4) is 0 Å². The zero-order valence-electron chi connectivity index (χ0n) is 14.6. The number of likely N-dealkylation sites (tertiary alicyclic amines) is 1. The van der Waals surface area contributed by atoms with E-state index in [1.165, 1.54) is 36.2 Å². The molecule has 0 spiro atoms. The van der Waals surface area contributed by atoms with Gasteiger partial charge in [-0.1, -0.05) is 6.07 Å². The van der Waals surface area contributed by atoms with E-state index in [4.69, 9.17) is 9.72 Å². The number of aryl methyl sites for hydroxylation is 2. The number of amides is 1. The van der Waals surface area contributed by atoms with E-state index >= 15 is 0 Å². The van der Waals surface area contributed by atoms with E-state index in [1.807, 2.05) is 25.7 Å². The van der Waals surface area contributed by atoms with Gasteiger partial charge < -0.3 is 9.64 Å². The van der Waals surface area contributed by atoms with E-state index in [1.54, 1.807) is 0 Å². The standard InChI is InChI=1S/C19H28N2O2/c1-19(2,3)23-18(22)21-12-10-15(11-13-21)17-9-8-14-6-4-5-7-16(14)20-17/h8-9,15H,4-7,10-13H2,1-3H3. The van der Waals surface area contributed by atoms with Crippen molar-refractivity contribution in [3.05, 3.63) is 29.1 Å². The highest BCUT2D eigenvalue weighted by Gasteiger charge is 2.28. The van der Waals surface area contributed by atoms with Crippen LogP contribution in [-0.4, -0.2) is 34.7 Å². The SMILES string of the molecule is CC(C)(C)OC(=O)N1CCC(c2ccc3c(n2)CCCC3)CC1. The largest absolute Gasteiger partial charge is 0.444 e. The Balaban J connectivity index is 1.60. The lowest BCUT2D eigenvalue weighted by molar-refractivity contribution is 0.0204. The molecule has 1 aromatic heterocycles. The maximum absolute atomic E-state index is 12.1. The van der Waals surface area contributed by atoms with Crippen LogP contribution in [0.25, 0.3) is 0 Å². The summed E-state index contributed by atoms with van der Waals surface area (Å²) in [6, 6.07) is 4.48. The van der Waals surface area contributed by atoms with Gasteiger partial charge >= 0.3 is 6.09 Å². The van der Waals surface area contributed by atoms with E-state index in [0.29, 0.717) is 5.92 Å². The van der Waals surface area contributed by atoms with Crippen LogP contribution in [0.4, 0.5) is 4.79 Å². The molecule has 0 radical (unpaired) electrons. The fraction of sp³-hybridized carbons (Fsp3) is 0.684. The zero-order chi connectivity index (χ0) is 16.4. The van der Waals surface area contributed by atoms with E-state index in [0.717, 1.165) is 32.4 Å². The molecule has 1 aromatic rings. The molecule has 4 nitrogen and oxygen atoms in total. The average molecular weight is 316 g/mol. The Labute approximate surface area is 139 Å². The minimum atomic E-state index is -0.423. The first-order chi connectivity index (χ1) is 10.9. The summed E-state index contributed by atoms with van der Waals surface area (Å²) in [7, 11) is 0. The molecule has 3 rings (SSSR count). The first kappa shape index (κ1) is 16.3. The lowest BCUT2D eigenvalue weighted by atomic mass is 9.90. The highest BCUT2D eigenvalue weighted by atomic mass is 16.6. The Kier molecular flexibility index (Phi) is 4.60. The van der Waals surface area contributed by atoms with Gasteiger partial charge in [0.05, 0.1) is 0 Å². The van der Waals surface area contributed by atoms with Gasteiger partial charge in [0.1, 0.15) is 5.60 Å². The number of fused-ring (bicyclic) bond motifs is 1. The lowest BCUT2D eigenvalue weighted by Crippen LogP contribution is -2.41. The Morgan fingerprint density at radius 1 is 1.17 bits per heavy atom. The number of ether oxygens (including phenoxy) is 1. The van der Waals surface area contributed by atoms with Crippen LogP contribution in [-0.2, 0) is 17.6 Å². The third kappa shape index (κ3) is 4.04. The van der Waals surface area contributed by atoms with Crippen LogP contribution in [0.2, 0.25) is 0 Å². The molecule has 2 aliphatic rings. The third-order valence-corrected chi connectivity index (χ3v) is 4.76. The first-order valence-electron chi connectivity index (χ1n) is 8.89. The number of nitrogens with zero attached hydrogens (tertiary/aromatic N) is 2. The fourth-order valence-electron chi connectivity index (χ4n) is 3.51. The molecular formula is C19H28N2O2. The number of aromatic nitrogens is 1. The molecule has 1 aliphatic carbocycles. The second-order valence-electron chi connectivity index (χ2n) is 7.79. The molecule has 0 N–H and O–H groups in total. The summed E-state index contributed by atoms with van der Waals surface area (Å²) < 4.78 is 5.46. The molecule has 23 heavy (non-hydrogen) atoms. The van der Waals surface area contributed by atoms with Crippen molar-refractivity contribution in [2.24, 2.45) is 0 Å². The number of carbonyl (C=O) groups excluding carboxylic acids is 1. The van der Waals surface area contributed by atoms with Gasteiger partial charge in [-0.25, -0.2) is 4.79 Å². The quantitative estimate of drug-likeness (QED) is 0.784. The van der Waals surface area contributed by atoms with Crippen molar-refractivity contribution in [2.75, 3.05) is 13.1 Å². The minimum absolute atomic E-state index is 0.186. The van der Waals surface area contributed by atoms with Crippen molar-refractivity contribution in [2.45, 2.75) is 70.8 Å². The summed E-state index contributed by atoms with van der Waals surface area (Å²) in [6.07, 6.45) is 6.63. The molecular weight excluding hydrogens is 288 g/mol. The average Bonchev–Trinajstić information content (AvgIpc) is 2.53. The first-order valence-corrected chi connectivity index (χ1v) is 8.89. The van der Waals surface area contributed by atoms with E-state index in [-0.39, 0.29) is 6.09 Å². The molecule has 2 heterocycles. The second-order valence-corrected chi connectivity index (χ2v) is 7.79. The Morgan fingerprint density at radius 2 is 1.87 bits per heavy atom. The van der Waals surface area contributed by atoms with Gasteiger partial charge in [0.2, 0.25) is 0 Å². The fourth-order valence-corrected chi connectivity index (χ4v) is 3.51. The van der Waals surface area contributed by atoms with Gasteiger partial charge in [0, 0.05) is 30.4 Å². The second kappa shape index (κ2) is 6.50. The summed E-state index contributed by atoms with van der Waals surface area (Å²) >= 11 is 0. The number of carbonyl (C=O) groups is 1. The number of pyridine rings is 1. The van der Waals surface area contributed by atoms with Crippen molar-refractivity contribution in [1.29, 1.82) is 0 Å². The number of hydrogen-bond donors (Lipinski definition) is 0. The summed E-state index contributed by atoms with van der Waals surface area (Å²) in [5, 5.41) is 0. The van der Waals surface area contributed by atoms with Crippen molar-refractivity contribution in [1.82, 2.24) is 9.88 Å². The van der Waals surface area contributed by atoms with Crippen LogP contribution in [0.5, 0.6) is 0 Å². The smallest absolute Gasteiger partial charge is 0.410 e. The van der Waals surface area contributed by atoms with Gasteiger partial charge in [-0.05, 0) is 70.9 Å². The van der Waals surface area contributed by atoms with Crippen molar-refractivity contribution in [3.63, 3.8) is 0 Å². The minimum Gasteiger partial charge on any atom is -0.444 e. The highest BCUT2D eigenvalue weighted by molar-refractivity contribution is 5.68. The monoisotopic (exact) mass is 316 g/mol. The third-order valence-electron chi connectivity index (χ3n) is 4.76. The van der Waals surface area contributed by atoms with Gasteiger partial charge in [-0.15, -0.1) is 0 Å².